The van der Waals surface area contributed by atoms with E-state index in [1.54, 1.807) is 33.3 Å². The number of sulfonamides is 1. The average Bonchev–Trinajstić information content (AvgIpc) is 3.29. The predicted molar refractivity (Wildman–Crippen MR) is 115 cm³/mol. The molecule has 162 valence electrons. The number of amides is 1. The molecule has 0 saturated carbocycles. The van der Waals surface area contributed by atoms with Crippen LogP contribution in [0.5, 0.6) is 11.5 Å². The first-order chi connectivity index (χ1) is 14.4. The molecule has 0 aromatic heterocycles. The summed E-state index contributed by atoms with van der Waals surface area (Å²) in [6.07, 6.45) is 2.35. The van der Waals surface area contributed by atoms with Crippen molar-refractivity contribution in [1.82, 2.24) is 9.62 Å². The monoisotopic (exact) mass is 432 g/mol. The summed E-state index contributed by atoms with van der Waals surface area (Å²) in [4.78, 5) is 12.8. The molecule has 0 radical (unpaired) electrons. The van der Waals surface area contributed by atoms with Crippen LogP contribution in [-0.4, -0.2) is 52.5 Å². The highest BCUT2D eigenvalue weighted by Gasteiger charge is 2.29. The van der Waals surface area contributed by atoms with Crippen LogP contribution in [0.15, 0.2) is 41.3 Å². The summed E-state index contributed by atoms with van der Waals surface area (Å²) in [7, 11) is -0.417. The molecule has 0 atom stereocenters. The molecule has 2 aromatic carbocycles. The number of aryl methyl sites for hydroxylation is 1. The van der Waals surface area contributed by atoms with Gasteiger partial charge in [0.25, 0.3) is 5.91 Å². The van der Waals surface area contributed by atoms with Gasteiger partial charge in [0.2, 0.25) is 10.0 Å². The van der Waals surface area contributed by atoms with E-state index in [1.165, 1.54) is 10.4 Å². The van der Waals surface area contributed by atoms with E-state index in [4.69, 9.17) is 9.47 Å². The van der Waals surface area contributed by atoms with E-state index in [1.807, 2.05) is 18.2 Å². The quantitative estimate of drug-likeness (QED) is 0.693. The first-order valence-electron chi connectivity index (χ1n) is 9.96. The van der Waals surface area contributed by atoms with Gasteiger partial charge in [0.15, 0.2) is 11.5 Å². The van der Waals surface area contributed by atoms with Gasteiger partial charge >= 0.3 is 0 Å². The van der Waals surface area contributed by atoms with E-state index in [0.29, 0.717) is 48.7 Å². The van der Waals surface area contributed by atoms with Crippen molar-refractivity contribution in [3.8, 4) is 11.5 Å². The van der Waals surface area contributed by atoms with Crippen molar-refractivity contribution in [3.63, 3.8) is 0 Å². The van der Waals surface area contributed by atoms with Crippen molar-refractivity contribution >= 4 is 15.9 Å². The van der Waals surface area contributed by atoms with E-state index in [2.05, 4.69) is 5.32 Å². The van der Waals surface area contributed by atoms with Crippen molar-refractivity contribution in [3.05, 3.63) is 53.1 Å². The maximum absolute atomic E-state index is 12.9. The van der Waals surface area contributed by atoms with Gasteiger partial charge in [-0.15, -0.1) is 0 Å². The minimum atomic E-state index is -3.58. The van der Waals surface area contributed by atoms with Crippen LogP contribution in [-0.2, 0) is 16.4 Å². The van der Waals surface area contributed by atoms with Gasteiger partial charge in [0, 0.05) is 25.2 Å². The van der Waals surface area contributed by atoms with Crippen molar-refractivity contribution in [1.29, 1.82) is 0 Å². The summed E-state index contributed by atoms with van der Waals surface area (Å²) in [6.45, 7) is 3.23. The van der Waals surface area contributed by atoms with E-state index >= 15 is 0 Å². The second-order valence-corrected chi connectivity index (χ2v) is 9.19. The number of carbonyl (C=O) groups is 1. The van der Waals surface area contributed by atoms with Gasteiger partial charge in [0.1, 0.15) is 0 Å². The lowest BCUT2D eigenvalue weighted by atomic mass is 10.1. The zero-order valence-electron chi connectivity index (χ0n) is 17.6. The average molecular weight is 433 g/mol. The molecule has 1 aliphatic heterocycles. The normalized spacial score (nSPS) is 14.5. The molecule has 30 heavy (non-hydrogen) atoms. The second kappa shape index (κ2) is 9.49. The number of ether oxygens (including phenoxy) is 2. The maximum Gasteiger partial charge on any atom is 0.251 e. The van der Waals surface area contributed by atoms with Gasteiger partial charge in [-0.3, -0.25) is 4.79 Å². The maximum atomic E-state index is 12.9. The third kappa shape index (κ3) is 4.76. The second-order valence-electron chi connectivity index (χ2n) is 7.29. The summed E-state index contributed by atoms with van der Waals surface area (Å²) in [5, 5.41) is 2.86. The Morgan fingerprint density at radius 1 is 1.03 bits per heavy atom. The number of rotatable bonds is 8. The lowest BCUT2D eigenvalue weighted by Gasteiger charge is -2.18. The van der Waals surface area contributed by atoms with Gasteiger partial charge in [-0.1, -0.05) is 12.1 Å². The van der Waals surface area contributed by atoms with Crippen LogP contribution in [0.2, 0.25) is 0 Å². The molecule has 0 bridgehead atoms. The number of hydrogen-bond donors (Lipinski definition) is 1. The molecular formula is C22H28N2O5S. The topological polar surface area (TPSA) is 84.9 Å². The standard InChI is InChI=1S/C22H28N2O5S/c1-16-6-8-18(15-21(16)30(26,27)24-12-4-5-13-24)22(25)23-11-10-17-7-9-19(28-2)20(14-17)29-3/h6-9,14-15H,4-5,10-13H2,1-3H3,(H,23,25). The smallest absolute Gasteiger partial charge is 0.251 e. The van der Waals surface area contributed by atoms with Gasteiger partial charge in [-0.05, 0) is 61.6 Å². The van der Waals surface area contributed by atoms with E-state index < -0.39 is 10.0 Å². The molecule has 1 fully saturated rings. The highest BCUT2D eigenvalue weighted by Crippen LogP contribution is 2.28. The van der Waals surface area contributed by atoms with Gasteiger partial charge < -0.3 is 14.8 Å². The molecule has 1 saturated heterocycles. The molecule has 2 aromatic rings. The van der Waals surface area contributed by atoms with Crippen LogP contribution in [0, 0.1) is 6.92 Å². The Morgan fingerprint density at radius 3 is 2.40 bits per heavy atom. The van der Waals surface area contributed by atoms with Crippen LogP contribution >= 0.6 is 0 Å². The molecule has 0 aliphatic carbocycles. The van der Waals surface area contributed by atoms with Crippen LogP contribution in [0.3, 0.4) is 0 Å². The highest BCUT2D eigenvalue weighted by atomic mass is 32.2. The van der Waals surface area contributed by atoms with E-state index in [0.717, 1.165) is 18.4 Å². The highest BCUT2D eigenvalue weighted by molar-refractivity contribution is 7.89. The Hall–Kier alpha value is -2.58. The third-order valence-electron chi connectivity index (χ3n) is 5.28. The molecule has 1 N–H and O–H groups in total. The Labute approximate surface area is 178 Å². The van der Waals surface area contributed by atoms with Crippen LogP contribution in [0.25, 0.3) is 0 Å². The van der Waals surface area contributed by atoms with Crippen LogP contribution < -0.4 is 14.8 Å². The summed E-state index contributed by atoms with van der Waals surface area (Å²) in [6, 6.07) is 10.4. The van der Waals surface area contributed by atoms with E-state index in [9.17, 15) is 13.2 Å². The molecule has 8 heteroatoms. The number of benzene rings is 2. The fraction of sp³-hybridized carbons (Fsp3) is 0.409. The Bertz CT molecular complexity index is 1010. The van der Waals surface area contributed by atoms with Crippen LogP contribution in [0.4, 0.5) is 0 Å². The largest absolute Gasteiger partial charge is 0.493 e. The zero-order valence-corrected chi connectivity index (χ0v) is 18.4. The number of methoxy groups -OCH3 is 2. The minimum Gasteiger partial charge on any atom is -0.493 e. The molecular weight excluding hydrogens is 404 g/mol. The Balaban J connectivity index is 1.67. The van der Waals surface area contributed by atoms with Crippen molar-refractivity contribution in [2.24, 2.45) is 0 Å². The number of nitrogens with zero attached hydrogens (tertiary/aromatic N) is 1. The molecule has 1 heterocycles. The van der Waals surface area contributed by atoms with Crippen molar-refractivity contribution in [2.45, 2.75) is 31.1 Å². The Morgan fingerprint density at radius 2 is 1.73 bits per heavy atom. The summed E-state index contributed by atoms with van der Waals surface area (Å²) < 4.78 is 37.9. The summed E-state index contributed by atoms with van der Waals surface area (Å²) in [5.74, 6) is 0.988. The minimum absolute atomic E-state index is 0.206. The first kappa shape index (κ1) is 22.1. The lowest BCUT2D eigenvalue weighted by Crippen LogP contribution is -2.29. The molecule has 1 aliphatic rings. The van der Waals surface area contributed by atoms with Crippen molar-refractivity contribution in [2.75, 3.05) is 33.9 Å². The zero-order chi connectivity index (χ0) is 21.7. The lowest BCUT2D eigenvalue weighted by molar-refractivity contribution is 0.0954. The van der Waals surface area contributed by atoms with Crippen molar-refractivity contribution < 1.29 is 22.7 Å². The van der Waals surface area contributed by atoms with Gasteiger partial charge in [-0.2, -0.15) is 4.31 Å². The number of hydrogen-bond acceptors (Lipinski definition) is 5. The molecule has 1 amide bonds. The molecule has 3 rings (SSSR count). The SMILES string of the molecule is COc1ccc(CCNC(=O)c2ccc(C)c(S(=O)(=O)N3CCCC3)c2)cc1OC. The van der Waals surface area contributed by atoms with Gasteiger partial charge in [0.05, 0.1) is 19.1 Å². The summed E-state index contributed by atoms with van der Waals surface area (Å²) in [5.41, 5.74) is 1.98. The predicted octanol–water partition coefficient (Wildman–Crippen LogP) is 2.77. The van der Waals surface area contributed by atoms with Crippen LogP contribution in [0.1, 0.15) is 34.3 Å². The Kier molecular flexibility index (Phi) is 6.99. The summed E-state index contributed by atoms with van der Waals surface area (Å²) >= 11 is 0. The van der Waals surface area contributed by atoms with E-state index in [-0.39, 0.29) is 10.8 Å². The third-order valence-corrected chi connectivity index (χ3v) is 7.32. The fourth-order valence-corrected chi connectivity index (χ4v) is 5.31. The first-order valence-corrected chi connectivity index (χ1v) is 11.4. The number of nitrogens with one attached hydrogen (secondary N) is 1. The fourth-order valence-electron chi connectivity index (χ4n) is 3.55. The number of carbonyl (C=O) groups excluding carboxylic acids is 1. The van der Waals surface area contributed by atoms with Gasteiger partial charge in [-0.25, -0.2) is 8.42 Å². The molecule has 0 unspecified atom stereocenters. The molecule has 0 spiro atoms. The molecule has 7 nitrogen and oxygen atoms in total.